The molecule has 14 heavy (non-hydrogen) atoms. The molecule has 1 N–H and O–H groups in total. The molecule has 0 aliphatic carbocycles. The van der Waals surface area contributed by atoms with Crippen LogP contribution in [0.5, 0.6) is 0 Å². The summed E-state index contributed by atoms with van der Waals surface area (Å²) < 4.78 is 8.16. The van der Waals surface area contributed by atoms with Gasteiger partial charge in [0.25, 0.3) is 5.91 Å². The summed E-state index contributed by atoms with van der Waals surface area (Å²) in [5.41, 5.74) is -0.890. The summed E-state index contributed by atoms with van der Waals surface area (Å²) in [5, 5.41) is 0. The Kier molecular flexibility index (Phi) is 8.46. The van der Waals surface area contributed by atoms with E-state index in [1.807, 2.05) is 0 Å². The number of nitrogens with zero attached hydrogens (tertiary/aromatic N) is 2. The van der Waals surface area contributed by atoms with Gasteiger partial charge < -0.3 is 2.85 Å². The molecule has 0 unspecified atom stereocenters. The number of rotatable bonds is 0. The second-order valence-electron chi connectivity index (χ2n) is 2.71. The maximum atomic E-state index is 11.1. The molecule has 9 heteroatoms. The summed E-state index contributed by atoms with van der Waals surface area (Å²) in [6.45, 7) is 3.20. The first-order valence-electron chi connectivity index (χ1n) is 3.06. The Bertz CT molecular complexity index is 250. The van der Waals surface area contributed by atoms with Crippen molar-refractivity contribution in [2.45, 2.75) is 19.4 Å². The molecule has 3 amide bonds. The van der Waals surface area contributed by atoms with Crippen molar-refractivity contribution in [2.75, 3.05) is 0 Å². The van der Waals surface area contributed by atoms with Crippen molar-refractivity contribution in [3.05, 3.63) is 0 Å². The third kappa shape index (κ3) is 3.10. The van der Waals surface area contributed by atoms with E-state index in [1.165, 1.54) is 0 Å². The maximum absolute atomic E-state index is 11.1. The van der Waals surface area contributed by atoms with Gasteiger partial charge in [-0.2, -0.15) is 4.42 Å². The monoisotopic (exact) mass is 334 g/mol. The van der Waals surface area contributed by atoms with E-state index in [0.29, 0.717) is 4.42 Å². The normalized spacial score (nSPS) is 18.7. The molecule has 1 rings (SSSR count). The molecular weight excluding hydrogens is 327 g/mol. The van der Waals surface area contributed by atoms with E-state index in [1.54, 1.807) is 13.8 Å². The second kappa shape index (κ2) is 6.73. The molecule has 1 aliphatic rings. The van der Waals surface area contributed by atoms with E-state index in [0.717, 1.165) is 3.93 Å². The smallest absolute Gasteiger partial charge is 1.00 e. The predicted molar refractivity (Wildman–Crippen MR) is 59.0 cm³/mol. The Morgan fingerprint density at radius 1 is 1.43 bits per heavy atom. The van der Waals surface area contributed by atoms with Crippen LogP contribution in [0.3, 0.4) is 0 Å². The predicted octanol–water partition coefficient (Wildman–Crippen LogP) is 1.47. The van der Waals surface area contributed by atoms with Gasteiger partial charge >= 0.3 is 43.8 Å². The minimum Gasteiger partial charge on any atom is -1.00 e. The number of halogens is 3. The molecule has 1 saturated heterocycles. The second-order valence-corrected chi connectivity index (χ2v) is 3.76. The molecule has 0 atom stereocenters. The fourth-order valence-electron chi connectivity index (χ4n) is 0.727. The van der Waals surface area contributed by atoms with Crippen LogP contribution in [0.25, 0.3) is 0 Å². The number of urea groups is 1. The van der Waals surface area contributed by atoms with Crippen LogP contribution >= 0.6 is 39.8 Å². The van der Waals surface area contributed by atoms with Gasteiger partial charge in [0.05, 0.1) is 28.0 Å². The molecule has 0 bridgehead atoms. The Morgan fingerprint density at radius 3 is 1.86 bits per heavy atom. The summed E-state index contributed by atoms with van der Waals surface area (Å²) in [7, 11) is 0. The summed E-state index contributed by atoms with van der Waals surface area (Å²) in [4.78, 5) is 22.1. The molecule has 0 saturated carbocycles. The van der Waals surface area contributed by atoms with Gasteiger partial charge in [-0.15, -0.1) is 0 Å². The molecule has 0 spiro atoms. The third-order valence-electron chi connectivity index (χ3n) is 1.53. The zero-order valence-electron chi connectivity index (χ0n) is 9.50. The third-order valence-corrected chi connectivity index (χ3v) is 3.02. The van der Waals surface area contributed by atoms with Crippen LogP contribution in [0.2, 0.25) is 0 Å². The summed E-state index contributed by atoms with van der Waals surface area (Å²) in [6.07, 6.45) is 0. The summed E-state index contributed by atoms with van der Waals surface area (Å²) >= 11 is 11.9. The first-order chi connectivity index (χ1) is 5.89. The quantitative estimate of drug-likeness (QED) is 0.414. The first-order valence-corrected chi connectivity index (χ1v) is 4.45. The van der Waals surface area contributed by atoms with E-state index in [-0.39, 0.29) is 40.6 Å². The summed E-state index contributed by atoms with van der Waals surface area (Å²) in [6, 6.07) is -0.554. The van der Waals surface area contributed by atoms with Gasteiger partial charge in [0.15, 0.2) is 0 Å². The Hall–Kier alpha value is 1.22. The van der Waals surface area contributed by atoms with Gasteiger partial charge in [-0.25, -0.2) is 8.72 Å². The Balaban J connectivity index is -0.000000136. The van der Waals surface area contributed by atoms with E-state index >= 15 is 0 Å². The molecule has 1 heterocycles. The molecule has 0 radical (unpaired) electrons. The summed E-state index contributed by atoms with van der Waals surface area (Å²) in [5.74, 6) is -0.430. The van der Waals surface area contributed by atoms with Gasteiger partial charge in [-0.1, -0.05) is 0 Å². The number of imide groups is 1. The van der Waals surface area contributed by atoms with Crippen LogP contribution in [-0.2, 0) is 4.79 Å². The van der Waals surface area contributed by atoms with Crippen molar-refractivity contribution >= 4 is 89.5 Å². The van der Waals surface area contributed by atoms with Crippen molar-refractivity contribution < 1.29 is 17.1 Å². The van der Waals surface area contributed by atoms with Gasteiger partial charge in [-0.05, 0) is 13.8 Å². The minimum absolute atomic E-state index is 0. The van der Waals surface area contributed by atoms with E-state index in [4.69, 9.17) is 16.4 Å². The average Bonchev–Trinajstić information content (AvgIpc) is 2.25. The van der Waals surface area contributed by atoms with Gasteiger partial charge in [-0.3, -0.25) is 9.45 Å². The van der Waals surface area contributed by atoms with Crippen LogP contribution in [0, 0.1) is 0 Å². The topological polar surface area (TPSA) is 60.9 Å². The molecule has 5 nitrogen and oxygen atoms in total. The molecule has 0 aromatic heterocycles. The maximum Gasteiger partial charge on any atom is 2.00 e. The van der Waals surface area contributed by atoms with Crippen LogP contribution in [0.4, 0.5) is 4.79 Å². The Labute approximate surface area is 133 Å². The van der Waals surface area contributed by atoms with E-state index in [2.05, 4.69) is 28.0 Å². The number of hydrogen-bond acceptors (Lipinski definition) is 3. The number of carbonyl (C=O) groups excluding carboxylic acids is 2. The van der Waals surface area contributed by atoms with Gasteiger partial charge in [0, 0.05) is 11.8 Å². The fourth-order valence-corrected chi connectivity index (χ4v) is 1.41. The van der Waals surface area contributed by atoms with Crippen molar-refractivity contribution in [1.82, 2.24) is 8.34 Å². The fraction of sp³-hybridized carbons (Fsp3) is 0.600. The van der Waals surface area contributed by atoms with Crippen molar-refractivity contribution in [2.24, 2.45) is 0 Å². The minimum atomic E-state index is -0.890. The van der Waals surface area contributed by atoms with Crippen molar-refractivity contribution in [1.29, 1.82) is 0 Å². The molecule has 80 valence electrons. The molecule has 0 aromatic rings. The van der Waals surface area contributed by atoms with Crippen LogP contribution in [-0.4, -0.2) is 68.2 Å². The molecule has 1 aliphatic heterocycles. The van der Waals surface area contributed by atoms with Crippen LogP contribution < -0.4 is 0 Å². The van der Waals surface area contributed by atoms with Gasteiger partial charge in [0.2, 0.25) is 0 Å². The standard InChI is InChI=1S/C5H6BrClN2O2.Ca.ClHO.2H/c1-5(2)3(10)8(7)4(11)9(5)6;;1-2;;/h1-2H3;;2H;;/q;+2;;2*-1. The zero-order chi connectivity index (χ0) is 10.8. The molecular formula is C5H9BrCaCl2N2O3. The van der Waals surface area contributed by atoms with Crippen LogP contribution in [0.15, 0.2) is 0 Å². The van der Waals surface area contributed by atoms with Crippen molar-refractivity contribution in [3.63, 3.8) is 0 Å². The van der Waals surface area contributed by atoms with E-state index in [9.17, 15) is 9.59 Å². The van der Waals surface area contributed by atoms with Crippen molar-refractivity contribution in [3.8, 4) is 0 Å². The van der Waals surface area contributed by atoms with Gasteiger partial charge in [0.1, 0.15) is 5.54 Å². The number of hydrogen-bond donors (Lipinski definition) is 1. The van der Waals surface area contributed by atoms with Crippen LogP contribution in [0.1, 0.15) is 16.7 Å². The first kappa shape index (κ1) is 17.6. The largest absolute Gasteiger partial charge is 2.00 e. The average molecular weight is 336 g/mol. The zero-order valence-corrected chi connectivity index (χ0v) is 12.8. The number of amides is 3. The number of carbonyl (C=O) groups is 2. The SMILES string of the molecule is CC1(C)C(=O)N(Cl)C(=O)N1Br.OCl.[Ca+2].[H-].[H-]. The molecule has 1 fully saturated rings. The molecule has 0 aromatic carbocycles. The van der Waals surface area contributed by atoms with E-state index < -0.39 is 17.5 Å². The Morgan fingerprint density at radius 2 is 1.79 bits per heavy atom.